The molecule has 0 bridgehead atoms. The molecule has 0 saturated heterocycles. The van der Waals surface area contributed by atoms with Gasteiger partial charge in [0, 0.05) is 0 Å². The number of hydrogen-bond acceptors (Lipinski definition) is 2. The zero-order valence-corrected chi connectivity index (χ0v) is 14.8. The van der Waals surface area contributed by atoms with E-state index in [9.17, 15) is 4.79 Å². The van der Waals surface area contributed by atoms with Crippen molar-refractivity contribution in [2.24, 2.45) is 16.7 Å². The Hall–Kier alpha value is -1.31. The Labute approximate surface area is 129 Å². The molecule has 0 saturated carbocycles. The highest BCUT2D eigenvalue weighted by molar-refractivity contribution is 5.76. The van der Waals surface area contributed by atoms with Crippen molar-refractivity contribution in [2.45, 2.75) is 61.8 Å². The van der Waals surface area contributed by atoms with E-state index < -0.39 is 0 Å². The maximum Gasteiger partial charge on any atom is 0.314 e. The molecule has 0 fully saturated rings. The van der Waals surface area contributed by atoms with Crippen LogP contribution >= 0.6 is 0 Å². The van der Waals surface area contributed by atoms with Crippen LogP contribution < -0.4 is 4.74 Å². The van der Waals surface area contributed by atoms with Crippen LogP contribution in [-0.4, -0.2) is 5.97 Å². The van der Waals surface area contributed by atoms with Gasteiger partial charge in [0.15, 0.2) is 0 Å². The van der Waals surface area contributed by atoms with Crippen molar-refractivity contribution in [1.82, 2.24) is 0 Å². The van der Waals surface area contributed by atoms with E-state index in [0.29, 0.717) is 5.75 Å². The van der Waals surface area contributed by atoms with Crippen molar-refractivity contribution in [3.05, 3.63) is 29.3 Å². The lowest BCUT2D eigenvalue weighted by Crippen LogP contribution is -2.35. The molecule has 1 aromatic rings. The molecule has 1 atom stereocenters. The highest BCUT2D eigenvalue weighted by Gasteiger charge is 2.36. The van der Waals surface area contributed by atoms with Crippen LogP contribution in [0.1, 0.15) is 59.1 Å². The largest absolute Gasteiger partial charge is 0.426 e. The number of ether oxygens (including phenoxy) is 1. The van der Waals surface area contributed by atoms with Gasteiger partial charge in [0.2, 0.25) is 0 Å². The normalized spacial score (nSPS) is 13.9. The van der Waals surface area contributed by atoms with Gasteiger partial charge >= 0.3 is 5.97 Å². The quantitative estimate of drug-likeness (QED) is 0.557. The Morgan fingerprint density at radius 3 is 1.86 bits per heavy atom. The van der Waals surface area contributed by atoms with Gasteiger partial charge < -0.3 is 4.74 Å². The van der Waals surface area contributed by atoms with Gasteiger partial charge in [0.1, 0.15) is 5.75 Å². The molecule has 0 heterocycles. The average molecular weight is 290 g/mol. The summed E-state index contributed by atoms with van der Waals surface area (Å²) in [5.41, 5.74) is 2.21. The molecular weight excluding hydrogens is 260 g/mol. The first kappa shape index (κ1) is 17.7. The Balaban J connectivity index is 2.96. The van der Waals surface area contributed by atoms with Crippen molar-refractivity contribution < 1.29 is 9.53 Å². The van der Waals surface area contributed by atoms with Crippen molar-refractivity contribution in [3.8, 4) is 5.75 Å². The van der Waals surface area contributed by atoms with Gasteiger partial charge in [-0.25, -0.2) is 0 Å². The summed E-state index contributed by atoms with van der Waals surface area (Å²) in [4.78, 5) is 12.6. The molecule has 1 aromatic carbocycles. The Bertz CT molecular complexity index is 481. The van der Waals surface area contributed by atoms with Crippen molar-refractivity contribution in [2.75, 3.05) is 0 Å². The van der Waals surface area contributed by atoms with Crippen molar-refractivity contribution in [3.63, 3.8) is 0 Å². The molecule has 0 aliphatic carbocycles. The van der Waals surface area contributed by atoms with Crippen LogP contribution in [-0.2, 0) is 4.79 Å². The molecule has 2 nitrogen and oxygen atoms in total. The van der Waals surface area contributed by atoms with E-state index in [1.54, 1.807) is 0 Å². The lowest BCUT2D eigenvalue weighted by atomic mass is 9.72. The molecule has 2 heteroatoms. The molecule has 0 amide bonds. The second-order valence-electron chi connectivity index (χ2n) is 8.43. The number of hydrogen-bond donors (Lipinski definition) is 0. The summed E-state index contributed by atoms with van der Waals surface area (Å²) in [5, 5.41) is 0. The summed E-state index contributed by atoms with van der Waals surface area (Å²) < 4.78 is 5.67. The fraction of sp³-hybridized carbons (Fsp3) is 0.632. The summed E-state index contributed by atoms with van der Waals surface area (Å²) in [5.74, 6) is 0.418. The van der Waals surface area contributed by atoms with Crippen LogP contribution in [0, 0.1) is 30.6 Å². The van der Waals surface area contributed by atoms with Crippen LogP contribution in [0.3, 0.4) is 0 Å². The highest BCUT2D eigenvalue weighted by atomic mass is 16.5. The minimum atomic E-state index is -0.123. The van der Waals surface area contributed by atoms with Crippen molar-refractivity contribution in [1.29, 1.82) is 0 Å². The van der Waals surface area contributed by atoms with Gasteiger partial charge in [-0.3, -0.25) is 4.79 Å². The maximum absolute atomic E-state index is 12.6. The third-order valence-electron chi connectivity index (χ3n) is 3.56. The molecule has 0 spiro atoms. The first-order valence-corrected chi connectivity index (χ1v) is 7.68. The van der Waals surface area contributed by atoms with Gasteiger partial charge in [0.05, 0.1) is 5.92 Å². The summed E-state index contributed by atoms with van der Waals surface area (Å²) >= 11 is 0. The van der Waals surface area contributed by atoms with Gasteiger partial charge in [-0.05, 0) is 54.4 Å². The Kier molecular flexibility index (Phi) is 5.25. The maximum atomic E-state index is 12.6. The molecule has 0 N–H and O–H groups in total. The highest BCUT2D eigenvalue weighted by Crippen LogP contribution is 2.37. The van der Waals surface area contributed by atoms with Crippen molar-refractivity contribution >= 4 is 5.97 Å². The van der Waals surface area contributed by atoms with Gasteiger partial charge in [-0.1, -0.05) is 47.6 Å². The number of carbonyl (C=O) groups excluding carboxylic acids is 1. The summed E-state index contributed by atoms with van der Waals surface area (Å²) in [7, 11) is 0. The minimum absolute atomic E-state index is 0.0967. The molecule has 21 heavy (non-hydrogen) atoms. The van der Waals surface area contributed by atoms with E-state index in [0.717, 1.165) is 17.5 Å². The molecule has 1 rings (SSSR count). The number of aryl methyl sites for hydroxylation is 2. The number of rotatable bonds is 3. The van der Waals surface area contributed by atoms with E-state index in [2.05, 4.69) is 47.6 Å². The van der Waals surface area contributed by atoms with Crippen LogP contribution in [0.5, 0.6) is 5.75 Å². The number of esters is 1. The second-order valence-corrected chi connectivity index (χ2v) is 8.43. The third kappa shape index (κ3) is 5.91. The standard InChI is InChI=1S/C19H30O2/c1-13-9-14(2)11-15(10-13)21-17(20)16(19(6,7)8)12-18(3,4)5/h9-11,16H,12H2,1-8H3. The summed E-state index contributed by atoms with van der Waals surface area (Å²) in [6.07, 6.45) is 0.820. The molecular formula is C19H30O2. The fourth-order valence-corrected chi connectivity index (χ4v) is 2.53. The summed E-state index contributed by atoms with van der Waals surface area (Å²) in [6.45, 7) is 16.8. The van der Waals surface area contributed by atoms with Gasteiger partial charge in [-0.2, -0.15) is 0 Å². The SMILES string of the molecule is Cc1cc(C)cc(OC(=O)C(CC(C)(C)C)C(C)(C)C)c1. The molecule has 0 aromatic heterocycles. The van der Waals surface area contributed by atoms with E-state index in [-0.39, 0.29) is 22.7 Å². The minimum Gasteiger partial charge on any atom is -0.426 e. The van der Waals surface area contributed by atoms with Crippen LogP contribution in [0.15, 0.2) is 18.2 Å². The monoisotopic (exact) mass is 290 g/mol. The molecule has 0 aliphatic rings. The fourth-order valence-electron chi connectivity index (χ4n) is 2.53. The Morgan fingerprint density at radius 1 is 1.00 bits per heavy atom. The molecule has 0 aliphatic heterocycles. The third-order valence-corrected chi connectivity index (χ3v) is 3.56. The van der Waals surface area contributed by atoms with Crippen LogP contribution in [0.4, 0.5) is 0 Å². The Morgan fingerprint density at radius 2 is 1.48 bits per heavy atom. The topological polar surface area (TPSA) is 26.3 Å². The number of carbonyl (C=O) groups is 1. The summed E-state index contributed by atoms with van der Waals surface area (Å²) in [6, 6.07) is 5.91. The molecule has 118 valence electrons. The first-order chi connectivity index (χ1) is 9.38. The van der Waals surface area contributed by atoms with Crippen LogP contribution in [0.2, 0.25) is 0 Å². The average Bonchev–Trinajstić information content (AvgIpc) is 2.21. The van der Waals surface area contributed by atoms with Gasteiger partial charge in [0.25, 0.3) is 0 Å². The second kappa shape index (κ2) is 6.21. The zero-order valence-electron chi connectivity index (χ0n) is 14.8. The first-order valence-electron chi connectivity index (χ1n) is 7.68. The smallest absolute Gasteiger partial charge is 0.314 e. The lowest BCUT2D eigenvalue weighted by Gasteiger charge is -2.33. The van der Waals surface area contributed by atoms with Gasteiger partial charge in [-0.15, -0.1) is 0 Å². The molecule has 1 unspecified atom stereocenters. The molecule has 0 radical (unpaired) electrons. The predicted octanol–water partition coefficient (Wildman–Crippen LogP) is 5.31. The van der Waals surface area contributed by atoms with E-state index in [1.165, 1.54) is 0 Å². The van der Waals surface area contributed by atoms with E-state index >= 15 is 0 Å². The van der Waals surface area contributed by atoms with E-state index in [4.69, 9.17) is 4.74 Å². The van der Waals surface area contributed by atoms with Crippen LogP contribution in [0.25, 0.3) is 0 Å². The lowest BCUT2D eigenvalue weighted by molar-refractivity contribution is -0.144. The number of benzene rings is 1. The predicted molar refractivity (Wildman–Crippen MR) is 88.6 cm³/mol. The van der Waals surface area contributed by atoms with E-state index in [1.807, 2.05) is 26.0 Å². The zero-order chi connectivity index (χ0) is 16.4.